The molecule has 9 atom stereocenters. The van der Waals surface area contributed by atoms with Crippen molar-refractivity contribution in [3.05, 3.63) is 12.2 Å². The zero-order chi connectivity index (χ0) is 80.7. The van der Waals surface area contributed by atoms with Gasteiger partial charge in [0.25, 0.3) is 11.8 Å². The van der Waals surface area contributed by atoms with Crippen LogP contribution in [0.25, 0.3) is 0 Å². The number of ether oxygens (including phenoxy) is 2. The molecule has 1 saturated carbocycles. The van der Waals surface area contributed by atoms with Gasteiger partial charge in [0.05, 0.1) is 57.1 Å². The SMILES string of the molecule is C=P(O)(OCCCCCCCCCCCCCCCCCCCCCCCCCCCCCCCCCCCCCCCCCOP(=C)(O)OC1CCOC1COP(=C)(O)OCCCCCCSC1CC(=O)N(CC)C1=O)OCC1OCCC1OP(=C)(O)OCCCCCCCC(=O)C1CCC(CN2C(=O)C=CC2=O)CC1. The fourth-order valence-corrected chi connectivity index (χ4v) is 21.1. The molecule has 652 valence electrons. The van der Waals surface area contributed by atoms with E-state index in [1.54, 1.807) is 11.8 Å². The Morgan fingerprint density at radius 3 is 1.04 bits per heavy atom. The lowest BCUT2D eigenvalue weighted by Gasteiger charge is -2.30. The van der Waals surface area contributed by atoms with Gasteiger partial charge in [-0.25, -0.2) is 0 Å². The summed E-state index contributed by atoms with van der Waals surface area (Å²) >= 11 is 1.56. The van der Waals surface area contributed by atoms with Crippen molar-refractivity contribution >= 4 is 96.6 Å². The van der Waals surface area contributed by atoms with Crippen LogP contribution in [0.15, 0.2) is 12.2 Å². The van der Waals surface area contributed by atoms with Gasteiger partial charge in [0.2, 0.25) is 42.1 Å². The summed E-state index contributed by atoms with van der Waals surface area (Å²) in [6.45, 7) is 5.07. The van der Waals surface area contributed by atoms with Gasteiger partial charge in [-0.1, -0.05) is 270 Å². The Morgan fingerprint density at radius 2 is 0.714 bits per heavy atom. The number of rotatable bonds is 76. The maximum Gasteiger partial charge on any atom is 0.253 e. The number of hydrogen-bond donors (Lipinski definition) is 4. The third-order valence-electron chi connectivity index (χ3n) is 22.8. The lowest BCUT2D eigenvalue weighted by molar-refractivity contribution is -0.139. The maximum absolute atomic E-state index is 12.9. The number of likely N-dealkylation sites (tertiary alicyclic amines) is 1. The number of Topliss-reactive ketones (excluding diaryl/α,β-unsaturated/α-hetero) is 1. The van der Waals surface area contributed by atoms with Crippen LogP contribution < -0.4 is 0 Å². The van der Waals surface area contributed by atoms with Gasteiger partial charge in [-0.15, -0.1) is 11.8 Å². The van der Waals surface area contributed by atoms with Crippen molar-refractivity contribution in [2.24, 2.45) is 11.8 Å². The van der Waals surface area contributed by atoms with E-state index in [0.29, 0.717) is 84.2 Å². The van der Waals surface area contributed by atoms with Gasteiger partial charge in [-0.3, -0.25) is 33.8 Å². The van der Waals surface area contributed by atoms with Crippen LogP contribution in [0.4, 0.5) is 0 Å². The molecule has 4 aliphatic heterocycles. The van der Waals surface area contributed by atoms with Gasteiger partial charge in [-0.2, -0.15) is 0 Å². The summed E-state index contributed by atoms with van der Waals surface area (Å²) in [6, 6.07) is 0. The molecule has 3 saturated heterocycles. The van der Waals surface area contributed by atoms with E-state index in [1.807, 2.05) is 6.92 Å². The molecule has 5 rings (SSSR count). The van der Waals surface area contributed by atoms with Crippen molar-refractivity contribution in [2.45, 2.75) is 396 Å². The number of amides is 4. The smallest absolute Gasteiger partial charge is 0.253 e. The first-order chi connectivity index (χ1) is 54.2. The summed E-state index contributed by atoms with van der Waals surface area (Å²) in [5, 5.41) is -0.253. The molecule has 0 radical (unpaired) electrons. The van der Waals surface area contributed by atoms with Gasteiger partial charge >= 0.3 is 0 Å². The van der Waals surface area contributed by atoms with E-state index in [2.05, 4.69) is 25.2 Å². The Labute approximate surface area is 683 Å². The van der Waals surface area contributed by atoms with E-state index >= 15 is 0 Å². The predicted octanol–water partition coefficient (Wildman–Crippen LogP) is 21.5. The van der Waals surface area contributed by atoms with Crippen LogP contribution >= 0.6 is 42.0 Å². The molecule has 112 heavy (non-hydrogen) atoms. The molecule has 0 bridgehead atoms. The average molecular weight is 1680 g/mol. The summed E-state index contributed by atoms with van der Waals surface area (Å²) in [5.41, 5.74) is 0. The largest absolute Gasteiger partial charge is 0.373 e. The van der Waals surface area contributed by atoms with E-state index in [9.17, 15) is 43.5 Å². The number of thioether (sulfide) groups is 1. The highest BCUT2D eigenvalue weighted by atomic mass is 32.2. The summed E-state index contributed by atoms with van der Waals surface area (Å²) < 4.78 is 57.6. The average Bonchev–Trinajstić information content (AvgIpc) is 1.71. The molecule has 9 unspecified atom stereocenters. The van der Waals surface area contributed by atoms with Crippen molar-refractivity contribution in [3.63, 3.8) is 0 Å². The van der Waals surface area contributed by atoms with Gasteiger partial charge < -0.3 is 65.2 Å². The zero-order valence-corrected chi connectivity index (χ0v) is 74.3. The van der Waals surface area contributed by atoms with Crippen LogP contribution in [0.2, 0.25) is 0 Å². The Hall–Kier alpha value is -1.32. The first-order valence-corrected chi connectivity index (χ1v) is 53.1. The predicted molar refractivity (Wildman–Crippen MR) is 465 cm³/mol. The Balaban J connectivity index is 0.660. The fourth-order valence-electron chi connectivity index (χ4n) is 15.9. The molecular weight excluding hydrogens is 1520 g/mol. The quantitative estimate of drug-likeness (QED) is 0.0250. The summed E-state index contributed by atoms with van der Waals surface area (Å²) in [4.78, 5) is 107. The zero-order valence-electron chi connectivity index (χ0n) is 69.9. The molecule has 0 aromatic carbocycles. The van der Waals surface area contributed by atoms with E-state index < -0.39 is 54.7 Å². The van der Waals surface area contributed by atoms with Crippen molar-refractivity contribution in [2.75, 3.05) is 71.7 Å². The molecule has 4 amide bonds. The van der Waals surface area contributed by atoms with Gasteiger partial charge in [0.15, 0.2) is 0 Å². The number of ketones is 1. The molecule has 21 nitrogen and oxygen atoms in total. The first kappa shape index (κ1) is 101. The van der Waals surface area contributed by atoms with Gasteiger partial charge in [0, 0.05) is 70.1 Å². The monoisotopic (exact) mass is 1680 g/mol. The van der Waals surface area contributed by atoms with Gasteiger partial charge in [-0.05, 0) is 108 Å². The van der Waals surface area contributed by atoms with E-state index in [-0.39, 0.29) is 53.9 Å². The summed E-state index contributed by atoms with van der Waals surface area (Å²) in [7, 11) is -13.2. The van der Waals surface area contributed by atoms with Crippen LogP contribution in [0.1, 0.15) is 366 Å². The molecule has 0 aromatic rings. The number of hydrogen-bond acceptors (Lipinski definition) is 20. The van der Waals surface area contributed by atoms with E-state index in [4.69, 9.17) is 45.7 Å². The second-order valence-corrected chi connectivity index (χ2v) is 41.1. The molecule has 5 aliphatic rings. The van der Waals surface area contributed by atoms with Crippen LogP contribution in [0, 0.1) is 11.8 Å². The maximum atomic E-state index is 12.9. The van der Waals surface area contributed by atoms with E-state index in [0.717, 1.165) is 128 Å². The molecule has 4 heterocycles. The minimum absolute atomic E-state index is 0.0241. The molecule has 4 fully saturated rings. The number of unbranched alkanes of at least 4 members (excludes halogenated alkanes) is 45. The second kappa shape index (κ2) is 61.9. The highest BCUT2D eigenvalue weighted by molar-refractivity contribution is 8.00. The van der Waals surface area contributed by atoms with Crippen LogP contribution in [0.3, 0.4) is 0 Å². The molecule has 0 aromatic heterocycles. The highest BCUT2D eigenvalue weighted by Gasteiger charge is 2.39. The van der Waals surface area contributed by atoms with Crippen LogP contribution in [-0.2, 0) is 69.6 Å². The Morgan fingerprint density at radius 1 is 0.411 bits per heavy atom. The lowest BCUT2D eigenvalue weighted by atomic mass is 9.79. The standard InChI is InChI=1S/C86H158N2O19P4S/c1-6-87-85(92)71-82(86(87)93)112-70-54-48-47-53-65-101-109(3,95)105-74-81-78(62-68-99-81)106-110(4,96)102-66-51-45-41-39-37-35-33-31-29-27-25-23-21-19-17-15-13-11-9-7-8-10-12-14-16-18-20-22-24-26-28-30-32-34-36-38-40-44-50-64-100-108(2,94)104-73-80-79(63-69-98-80)107-111(5,97)103-67-52-46-42-43-49-55-77(89)76-58-56-75(57-59-76)72-88-83(90)60-61-84(88)91/h60-61,75-76,78-82,94-97H,2-59,62-74H2,1H3. The molecule has 1 aliphatic carbocycles. The first-order valence-electron chi connectivity index (χ1n) is 45.0. The van der Waals surface area contributed by atoms with E-state index in [1.165, 1.54) is 234 Å². The number of carbonyl (C=O) groups excluding carboxylic acids is 5. The molecule has 4 N–H and O–H groups in total. The second-order valence-electron chi connectivity index (χ2n) is 32.7. The van der Waals surface area contributed by atoms with Crippen molar-refractivity contribution in [3.8, 4) is 0 Å². The summed E-state index contributed by atoms with van der Waals surface area (Å²) in [5.74, 6) is 0.881. The topological polar surface area (TPSA) is 265 Å². The normalized spacial score (nSPS) is 22.4. The minimum atomic E-state index is -3.35. The Kier molecular flexibility index (Phi) is 55.9. The third-order valence-corrected chi connectivity index (χ3v) is 28.8. The third kappa shape index (κ3) is 48.2. The lowest BCUT2D eigenvalue weighted by Crippen LogP contribution is -2.36. The number of imide groups is 2. The van der Waals surface area contributed by atoms with Crippen molar-refractivity contribution in [1.82, 2.24) is 9.80 Å². The summed E-state index contributed by atoms with van der Waals surface area (Å²) in [6.07, 6.45) is 80.8. The fraction of sp³-hybridized carbons (Fsp3) is 0.872. The highest BCUT2D eigenvalue weighted by Crippen LogP contribution is 2.50. The molecule has 0 spiro atoms. The number of nitrogens with zero attached hydrogens (tertiary/aromatic N) is 2. The van der Waals surface area contributed by atoms with Crippen LogP contribution in [0.5, 0.6) is 0 Å². The van der Waals surface area contributed by atoms with Crippen molar-refractivity contribution < 1.29 is 89.2 Å². The van der Waals surface area contributed by atoms with Crippen molar-refractivity contribution in [1.29, 1.82) is 0 Å². The van der Waals surface area contributed by atoms with Crippen LogP contribution in [-0.4, -0.2) is 185 Å². The molecular formula is C86H158N2O19P4S. The minimum Gasteiger partial charge on any atom is -0.373 e. The number of carbonyl (C=O) groups is 5. The molecule has 26 heteroatoms. The van der Waals surface area contributed by atoms with Gasteiger partial charge in [0.1, 0.15) is 18.0 Å². The Bertz CT molecular complexity index is 2740.